The molecule has 1 aromatic heterocycles. The third-order valence-corrected chi connectivity index (χ3v) is 9.12. The number of methoxy groups -OCH3 is 1. The molecule has 47 heavy (non-hydrogen) atoms. The van der Waals surface area contributed by atoms with Crippen LogP contribution in [0.15, 0.2) is 65.0 Å². The summed E-state index contributed by atoms with van der Waals surface area (Å²) in [5.74, 6) is -1.30. The number of carbonyl (C=O) groups is 3. The summed E-state index contributed by atoms with van der Waals surface area (Å²) in [5, 5.41) is 17.5. The molecule has 0 spiro atoms. The number of benzene rings is 2. The first-order valence-electron chi connectivity index (χ1n) is 13.7. The van der Waals surface area contributed by atoms with E-state index in [1.807, 2.05) is 0 Å². The molecule has 0 unspecified atom stereocenters. The molecule has 244 valence electrons. The number of hydrogen-bond acceptors (Lipinski definition) is 14. The number of carbonyl (C=O) groups excluding carboxylic acids is 3. The maximum absolute atomic E-state index is 13.6. The molecule has 3 N–H and O–H groups in total. The molecule has 18 heteroatoms. The Hall–Kier alpha value is -5.00. The van der Waals surface area contributed by atoms with E-state index < -0.39 is 34.1 Å². The lowest BCUT2D eigenvalue weighted by Crippen LogP contribution is -2.71. The minimum Gasteiger partial charge on any atom is -0.497 e. The van der Waals surface area contributed by atoms with E-state index in [0.29, 0.717) is 22.4 Å². The third-order valence-electron chi connectivity index (χ3n) is 6.97. The molecule has 3 heterocycles. The standard InChI is InChI=1S/C29H26ClN7O8S2/c1-43-19-9-4-15(5-10-19)13-45-28(40)23-18(8-7-17-6-3-16(12-30)11-20(17)37(41)42)14-46-27-22(26(39)36(23)27)32-25(38)21(34-44-2)24-33-29(31)47-35-24/h3-11,22,27H,12-14H2,1-2H3,(H,32,38)(H2,31,33,35)/b8-7+,34-21-/t22-,27-/m1/s1. The summed E-state index contributed by atoms with van der Waals surface area (Å²) >= 11 is 8.00. The molecule has 0 radical (unpaired) electrons. The Morgan fingerprint density at radius 2 is 1.96 bits per heavy atom. The Kier molecular flexibility index (Phi) is 10.4. The van der Waals surface area contributed by atoms with Gasteiger partial charge in [0.15, 0.2) is 5.13 Å². The fourth-order valence-electron chi connectivity index (χ4n) is 4.68. The molecule has 0 saturated carbocycles. The van der Waals surface area contributed by atoms with Crippen molar-refractivity contribution >= 4 is 75.3 Å². The number of esters is 1. The van der Waals surface area contributed by atoms with Crippen molar-refractivity contribution in [3.63, 3.8) is 0 Å². The zero-order valence-electron chi connectivity index (χ0n) is 24.7. The van der Waals surface area contributed by atoms with Crippen molar-refractivity contribution in [3.05, 3.63) is 92.4 Å². The second-order valence-corrected chi connectivity index (χ2v) is 12.0. The predicted molar refractivity (Wildman–Crippen MR) is 174 cm³/mol. The van der Waals surface area contributed by atoms with Crippen LogP contribution in [-0.4, -0.2) is 74.1 Å². The summed E-state index contributed by atoms with van der Waals surface area (Å²) in [4.78, 5) is 61.5. The first-order valence-corrected chi connectivity index (χ1v) is 16.0. The number of β-lactam (4-membered cyclic amide) rings is 1. The molecule has 2 amide bonds. The number of alkyl halides is 1. The number of nitrogens with zero attached hydrogens (tertiary/aromatic N) is 5. The fourth-order valence-corrected chi connectivity index (χ4v) is 6.60. The second-order valence-electron chi connectivity index (χ2n) is 9.85. The molecule has 5 rings (SSSR count). The lowest BCUT2D eigenvalue weighted by molar-refractivity contribution is -0.385. The highest BCUT2D eigenvalue weighted by molar-refractivity contribution is 8.00. The first kappa shape index (κ1) is 33.4. The van der Waals surface area contributed by atoms with E-state index in [1.165, 1.54) is 49.1 Å². The SMILES string of the molecule is CO/N=C(\C(=O)N[C@@H]1C(=O)N2C(C(=O)OCc3ccc(OC)cc3)=C(/C=C/c3ccc(CCl)cc3[N+](=O)[O-])CS[C@H]12)c1nsc(N)n1. The van der Waals surface area contributed by atoms with Crippen LogP contribution in [0.2, 0.25) is 0 Å². The number of fused-ring (bicyclic) bond motifs is 1. The maximum Gasteiger partial charge on any atom is 0.355 e. The molecule has 2 aliphatic rings. The summed E-state index contributed by atoms with van der Waals surface area (Å²) in [6.07, 6.45) is 3.03. The van der Waals surface area contributed by atoms with Gasteiger partial charge in [-0.05, 0) is 41.0 Å². The molecular formula is C29H26ClN7O8S2. The third kappa shape index (κ3) is 7.21. The summed E-state index contributed by atoms with van der Waals surface area (Å²) < 4.78 is 14.8. The smallest absolute Gasteiger partial charge is 0.355 e. The van der Waals surface area contributed by atoms with Crippen LogP contribution >= 0.6 is 34.9 Å². The van der Waals surface area contributed by atoms with Crippen molar-refractivity contribution in [3.8, 4) is 5.75 Å². The first-order chi connectivity index (χ1) is 22.6. The molecule has 0 aliphatic carbocycles. The molecular weight excluding hydrogens is 674 g/mol. The molecule has 2 atom stereocenters. The van der Waals surface area contributed by atoms with E-state index >= 15 is 0 Å². The van der Waals surface area contributed by atoms with Crippen molar-refractivity contribution in [2.24, 2.45) is 5.16 Å². The Bertz CT molecular complexity index is 1810. The van der Waals surface area contributed by atoms with Crippen LogP contribution in [0.25, 0.3) is 6.08 Å². The molecule has 1 saturated heterocycles. The van der Waals surface area contributed by atoms with E-state index in [4.69, 9.17) is 31.6 Å². The Morgan fingerprint density at radius 3 is 2.60 bits per heavy atom. The average Bonchev–Trinajstić information content (AvgIpc) is 3.52. The van der Waals surface area contributed by atoms with Crippen LogP contribution in [-0.2, 0) is 36.4 Å². The fraction of sp³-hybridized carbons (Fsp3) is 0.241. The number of oxime groups is 1. The summed E-state index contributed by atoms with van der Waals surface area (Å²) in [5.41, 5.74) is 7.06. The van der Waals surface area contributed by atoms with Crippen LogP contribution in [0.4, 0.5) is 10.8 Å². The predicted octanol–water partition coefficient (Wildman–Crippen LogP) is 3.24. The highest BCUT2D eigenvalue weighted by Gasteiger charge is 2.54. The average molecular weight is 700 g/mol. The van der Waals surface area contributed by atoms with Gasteiger partial charge in [0.2, 0.25) is 11.5 Å². The van der Waals surface area contributed by atoms with Crippen molar-refractivity contribution in [2.75, 3.05) is 25.7 Å². The van der Waals surface area contributed by atoms with Crippen LogP contribution < -0.4 is 15.8 Å². The van der Waals surface area contributed by atoms with Gasteiger partial charge >= 0.3 is 5.97 Å². The highest BCUT2D eigenvalue weighted by atomic mass is 35.5. The van der Waals surface area contributed by atoms with Crippen LogP contribution in [0.3, 0.4) is 0 Å². The van der Waals surface area contributed by atoms with Gasteiger partial charge in [-0.25, -0.2) is 4.79 Å². The summed E-state index contributed by atoms with van der Waals surface area (Å²) in [6.45, 7) is -0.102. The molecule has 3 aromatic rings. The number of amides is 2. The number of ether oxygens (including phenoxy) is 2. The second kappa shape index (κ2) is 14.6. The maximum atomic E-state index is 13.6. The van der Waals surface area contributed by atoms with Gasteiger partial charge in [0.25, 0.3) is 17.5 Å². The number of hydrogen-bond donors (Lipinski definition) is 2. The number of nitro benzene ring substituents is 1. The van der Waals surface area contributed by atoms with Crippen molar-refractivity contribution in [1.82, 2.24) is 19.6 Å². The molecule has 0 bridgehead atoms. The number of nitrogens with one attached hydrogen (secondary N) is 1. The van der Waals surface area contributed by atoms with Gasteiger partial charge in [0, 0.05) is 29.2 Å². The van der Waals surface area contributed by atoms with Crippen molar-refractivity contribution < 1.29 is 33.6 Å². The van der Waals surface area contributed by atoms with Gasteiger partial charge in [0.05, 0.1) is 17.6 Å². The zero-order valence-corrected chi connectivity index (χ0v) is 27.1. The van der Waals surface area contributed by atoms with E-state index in [-0.39, 0.29) is 51.9 Å². The van der Waals surface area contributed by atoms with E-state index in [2.05, 4.69) is 19.8 Å². The van der Waals surface area contributed by atoms with E-state index in [1.54, 1.807) is 36.4 Å². The number of thioether (sulfide) groups is 1. The lowest BCUT2D eigenvalue weighted by Gasteiger charge is -2.49. The number of allylic oxidation sites excluding steroid dienone is 1. The quantitative estimate of drug-likeness (QED) is 0.0699. The van der Waals surface area contributed by atoms with Gasteiger partial charge in [-0.15, -0.1) is 23.4 Å². The minimum absolute atomic E-state index is 0.0474. The van der Waals surface area contributed by atoms with Gasteiger partial charge in [-0.3, -0.25) is 24.6 Å². The van der Waals surface area contributed by atoms with Gasteiger partial charge in [-0.2, -0.15) is 9.36 Å². The van der Waals surface area contributed by atoms with Gasteiger partial charge < -0.3 is 25.4 Å². The number of nitro groups is 1. The monoisotopic (exact) mass is 699 g/mol. The number of rotatable bonds is 12. The number of nitrogen functional groups attached to an aromatic ring is 1. The molecule has 1 fully saturated rings. The van der Waals surface area contributed by atoms with Crippen molar-refractivity contribution in [1.29, 1.82) is 0 Å². The summed E-state index contributed by atoms with van der Waals surface area (Å²) in [6, 6.07) is 10.4. The number of halogens is 1. The largest absolute Gasteiger partial charge is 0.497 e. The Morgan fingerprint density at radius 1 is 1.21 bits per heavy atom. The number of aromatic nitrogens is 2. The normalized spacial score (nSPS) is 17.6. The van der Waals surface area contributed by atoms with Crippen LogP contribution in [0.5, 0.6) is 5.75 Å². The Labute approximate surface area is 280 Å². The van der Waals surface area contributed by atoms with Crippen LogP contribution in [0.1, 0.15) is 22.5 Å². The van der Waals surface area contributed by atoms with Crippen molar-refractivity contribution in [2.45, 2.75) is 23.9 Å². The highest BCUT2D eigenvalue weighted by Crippen LogP contribution is 2.41. The zero-order chi connectivity index (χ0) is 33.7. The Balaban J connectivity index is 1.43. The molecule has 15 nitrogen and oxygen atoms in total. The van der Waals surface area contributed by atoms with E-state index in [9.17, 15) is 24.5 Å². The lowest BCUT2D eigenvalue weighted by atomic mass is 10.0. The minimum atomic E-state index is -1.04. The topological polar surface area (TPSA) is 201 Å². The number of nitrogens with two attached hydrogens (primary N) is 1. The van der Waals surface area contributed by atoms with E-state index in [0.717, 1.165) is 11.5 Å². The summed E-state index contributed by atoms with van der Waals surface area (Å²) in [7, 11) is 2.77. The van der Waals surface area contributed by atoms with Crippen LogP contribution in [0, 0.1) is 10.1 Å². The molecule has 2 aromatic carbocycles. The van der Waals surface area contributed by atoms with Gasteiger partial charge in [0.1, 0.15) is 36.6 Å². The number of anilines is 1. The van der Waals surface area contributed by atoms with Gasteiger partial charge in [-0.1, -0.05) is 29.4 Å². The molecule has 2 aliphatic heterocycles.